The van der Waals surface area contributed by atoms with E-state index >= 15 is 0 Å². The van der Waals surface area contributed by atoms with Gasteiger partial charge in [0.25, 0.3) is 11.5 Å². The molecule has 0 aliphatic heterocycles. The summed E-state index contributed by atoms with van der Waals surface area (Å²) >= 11 is 0. The van der Waals surface area contributed by atoms with Gasteiger partial charge in [-0.3, -0.25) is 9.59 Å². The van der Waals surface area contributed by atoms with Gasteiger partial charge in [0.2, 0.25) is 0 Å². The average molecular weight is 285 g/mol. The number of rotatable bonds is 2. The van der Waals surface area contributed by atoms with Crippen molar-refractivity contribution in [2.75, 3.05) is 0 Å². The van der Waals surface area contributed by atoms with Crippen molar-refractivity contribution in [1.82, 2.24) is 10.3 Å². The highest BCUT2D eigenvalue weighted by Gasteiger charge is 2.21. The van der Waals surface area contributed by atoms with E-state index in [0.29, 0.717) is 11.1 Å². The highest BCUT2D eigenvalue weighted by atomic mass is 16.2. The number of benzene rings is 1. The fourth-order valence-corrected chi connectivity index (χ4v) is 2.96. The van der Waals surface area contributed by atoms with Gasteiger partial charge in [-0.05, 0) is 43.2 Å². The molecule has 110 valence electrons. The molecule has 2 aromatic rings. The van der Waals surface area contributed by atoms with Gasteiger partial charge >= 0.3 is 0 Å². The smallest absolute Gasteiger partial charge is 0.268 e. The van der Waals surface area contributed by atoms with E-state index in [2.05, 4.69) is 10.3 Å². The Balaban J connectivity index is 1.83. The van der Waals surface area contributed by atoms with E-state index in [1.54, 1.807) is 18.2 Å². The summed E-state index contributed by atoms with van der Waals surface area (Å²) in [6.45, 7) is 0. The van der Waals surface area contributed by atoms with Gasteiger partial charge in [-0.15, -0.1) is 0 Å². The molecular formula is C16H19N3O2. The highest BCUT2D eigenvalue weighted by Crippen LogP contribution is 2.17. The molecule has 1 aliphatic carbocycles. The standard InChI is InChI=1S/C16H19N3O2/c17-11-5-3-6-12(9-11)18-16(21)14-8-10-4-1-2-7-13(10)15(20)19-14/h1-2,4,7-8,11-12H,3,5-6,9,17H2,(H,18,21)(H,19,20)/t11-,12+/m1/s1. The van der Waals surface area contributed by atoms with Crippen molar-refractivity contribution in [2.24, 2.45) is 5.73 Å². The van der Waals surface area contributed by atoms with Crippen LogP contribution in [0.1, 0.15) is 36.2 Å². The summed E-state index contributed by atoms with van der Waals surface area (Å²) < 4.78 is 0. The number of amides is 1. The Morgan fingerprint density at radius 1 is 1.29 bits per heavy atom. The van der Waals surface area contributed by atoms with Gasteiger partial charge in [0, 0.05) is 17.5 Å². The Bertz CT molecular complexity index is 723. The molecule has 0 saturated heterocycles. The van der Waals surface area contributed by atoms with Crippen LogP contribution >= 0.6 is 0 Å². The average Bonchev–Trinajstić information content (AvgIpc) is 2.47. The van der Waals surface area contributed by atoms with E-state index in [0.717, 1.165) is 31.1 Å². The minimum atomic E-state index is -0.239. The number of nitrogens with two attached hydrogens (primary N) is 1. The molecule has 1 heterocycles. The molecule has 1 amide bonds. The predicted molar refractivity (Wildman–Crippen MR) is 82.3 cm³/mol. The number of nitrogens with one attached hydrogen (secondary N) is 2. The van der Waals surface area contributed by atoms with E-state index in [1.165, 1.54) is 0 Å². The zero-order valence-corrected chi connectivity index (χ0v) is 11.8. The van der Waals surface area contributed by atoms with Gasteiger partial charge < -0.3 is 16.0 Å². The van der Waals surface area contributed by atoms with Gasteiger partial charge in [0.05, 0.1) is 0 Å². The van der Waals surface area contributed by atoms with E-state index in [9.17, 15) is 9.59 Å². The molecule has 1 saturated carbocycles. The Kier molecular flexibility index (Phi) is 3.75. The second kappa shape index (κ2) is 5.69. The summed E-state index contributed by atoms with van der Waals surface area (Å²) in [5, 5.41) is 4.33. The van der Waals surface area contributed by atoms with Gasteiger partial charge in [-0.2, -0.15) is 0 Å². The highest BCUT2D eigenvalue weighted by molar-refractivity contribution is 5.96. The SMILES string of the molecule is N[C@@H]1CCC[C@H](NC(=O)c2cc3ccccc3c(=O)[nH]2)C1. The summed E-state index contributed by atoms with van der Waals surface area (Å²) in [7, 11) is 0. The molecule has 2 atom stereocenters. The van der Waals surface area contributed by atoms with Crippen molar-refractivity contribution in [2.45, 2.75) is 37.8 Å². The number of hydrogen-bond acceptors (Lipinski definition) is 3. The van der Waals surface area contributed by atoms with Gasteiger partial charge in [-0.25, -0.2) is 0 Å². The lowest BCUT2D eigenvalue weighted by Gasteiger charge is -2.27. The maximum Gasteiger partial charge on any atom is 0.268 e. The van der Waals surface area contributed by atoms with Crippen LogP contribution in [0, 0.1) is 0 Å². The minimum Gasteiger partial charge on any atom is -0.348 e. The Hall–Kier alpha value is -2.14. The largest absolute Gasteiger partial charge is 0.348 e. The van der Waals surface area contributed by atoms with Crippen LogP contribution in [-0.4, -0.2) is 23.0 Å². The summed E-state index contributed by atoms with van der Waals surface area (Å²) in [5.41, 5.74) is 6.00. The molecule has 3 rings (SSSR count). The molecule has 5 heteroatoms. The molecule has 0 radical (unpaired) electrons. The van der Waals surface area contributed by atoms with Gasteiger partial charge in [0.15, 0.2) is 0 Å². The number of carbonyl (C=O) groups is 1. The van der Waals surface area contributed by atoms with Crippen molar-refractivity contribution in [3.05, 3.63) is 46.4 Å². The summed E-state index contributed by atoms with van der Waals surface area (Å²) in [6, 6.07) is 9.20. The zero-order chi connectivity index (χ0) is 14.8. The topological polar surface area (TPSA) is 88.0 Å². The predicted octanol–water partition coefficient (Wildman–Crippen LogP) is 1.53. The number of aromatic nitrogens is 1. The number of H-pyrrole nitrogens is 1. The number of fused-ring (bicyclic) bond motifs is 1. The van der Waals surface area contributed by atoms with Crippen molar-refractivity contribution >= 4 is 16.7 Å². The van der Waals surface area contributed by atoms with Crippen molar-refractivity contribution in [3.8, 4) is 0 Å². The summed E-state index contributed by atoms with van der Waals surface area (Å²) in [4.78, 5) is 26.9. The first-order chi connectivity index (χ1) is 10.1. The number of carbonyl (C=O) groups excluding carboxylic acids is 1. The van der Waals surface area contributed by atoms with Crippen molar-refractivity contribution < 1.29 is 4.79 Å². The molecule has 5 nitrogen and oxygen atoms in total. The molecular weight excluding hydrogens is 266 g/mol. The maximum absolute atomic E-state index is 12.3. The third kappa shape index (κ3) is 2.97. The van der Waals surface area contributed by atoms with Crippen LogP contribution < -0.4 is 16.6 Å². The van der Waals surface area contributed by atoms with Crippen LogP contribution in [0.4, 0.5) is 0 Å². The van der Waals surface area contributed by atoms with E-state index in [4.69, 9.17) is 5.73 Å². The fourth-order valence-electron chi connectivity index (χ4n) is 2.96. The van der Waals surface area contributed by atoms with Gasteiger partial charge in [-0.1, -0.05) is 18.2 Å². The Labute approximate surface area is 122 Å². The lowest BCUT2D eigenvalue weighted by atomic mass is 9.91. The Morgan fingerprint density at radius 2 is 2.10 bits per heavy atom. The van der Waals surface area contributed by atoms with Crippen LogP contribution in [0.15, 0.2) is 35.1 Å². The normalized spacial score (nSPS) is 22.1. The quantitative estimate of drug-likeness (QED) is 0.782. The molecule has 4 N–H and O–H groups in total. The van der Waals surface area contributed by atoms with Crippen LogP contribution in [0.3, 0.4) is 0 Å². The summed E-state index contributed by atoms with van der Waals surface area (Å²) in [5.74, 6) is -0.239. The summed E-state index contributed by atoms with van der Waals surface area (Å²) in [6.07, 6.45) is 3.78. The van der Waals surface area contributed by atoms with Crippen LogP contribution in [-0.2, 0) is 0 Å². The van der Waals surface area contributed by atoms with Gasteiger partial charge in [0.1, 0.15) is 5.69 Å². The molecule has 0 unspecified atom stereocenters. The molecule has 0 bridgehead atoms. The molecule has 21 heavy (non-hydrogen) atoms. The maximum atomic E-state index is 12.3. The van der Waals surface area contributed by atoms with Crippen LogP contribution in [0.5, 0.6) is 0 Å². The van der Waals surface area contributed by atoms with Crippen molar-refractivity contribution in [1.29, 1.82) is 0 Å². The third-order valence-corrected chi connectivity index (χ3v) is 4.05. The van der Waals surface area contributed by atoms with Crippen LogP contribution in [0.2, 0.25) is 0 Å². The van der Waals surface area contributed by atoms with E-state index in [-0.39, 0.29) is 23.6 Å². The molecule has 1 aromatic heterocycles. The van der Waals surface area contributed by atoms with Crippen molar-refractivity contribution in [3.63, 3.8) is 0 Å². The second-order valence-electron chi connectivity index (χ2n) is 5.70. The minimum absolute atomic E-state index is 0.0937. The molecule has 1 aromatic carbocycles. The second-order valence-corrected chi connectivity index (χ2v) is 5.70. The number of aromatic amines is 1. The first-order valence-electron chi connectivity index (χ1n) is 7.32. The lowest BCUT2D eigenvalue weighted by Crippen LogP contribution is -2.42. The lowest BCUT2D eigenvalue weighted by molar-refractivity contribution is 0.0920. The Morgan fingerprint density at radius 3 is 2.90 bits per heavy atom. The molecule has 1 aliphatic rings. The molecule has 1 fully saturated rings. The number of pyridine rings is 1. The third-order valence-electron chi connectivity index (χ3n) is 4.05. The van der Waals surface area contributed by atoms with Crippen LogP contribution in [0.25, 0.3) is 10.8 Å². The first-order valence-corrected chi connectivity index (χ1v) is 7.32. The monoisotopic (exact) mass is 285 g/mol. The van der Waals surface area contributed by atoms with E-state index < -0.39 is 0 Å². The zero-order valence-electron chi connectivity index (χ0n) is 11.8. The van der Waals surface area contributed by atoms with E-state index in [1.807, 2.05) is 12.1 Å². The first kappa shape index (κ1) is 13.8. The molecule has 0 spiro atoms. The fraction of sp³-hybridized carbons (Fsp3) is 0.375. The number of hydrogen-bond donors (Lipinski definition) is 3.